The van der Waals surface area contributed by atoms with E-state index in [-0.39, 0.29) is 12.2 Å². The number of carbonyl (C=O) groups is 1. The summed E-state index contributed by atoms with van der Waals surface area (Å²) >= 11 is 0. The molecule has 148 valence electrons. The Kier molecular flexibility index (Phi) is 10.2. The van der Waals surface area contributed by atoms with E-state index in [2.05, 4.69) is 4.72 Å². The molecule has 7 nitrogen and oxygen atoms in total. The highest BCUT2D eigenvalue weighted by atomic mass is 32.2. The molecule has 0 spiro atoms. The van der Waals surface area contributed by atoms with Gasteiger partial charge in [0.05, 0.1) is 12.4 Å². The molecule has 0 saturated heterocycles. The molecular formula is C18H30N2O5S. The van der Waals surface area contributed by atoms with Gasteiger partial charge in [-0.25, -0.2) is 13.1 Å². The van der Waals surface area contributed by atoms with Crippen LogP contribution in [0, 0.1) is 0 Å². The van der Waals surface area contributed by atoms with Crippen LogP contribution in [0.4, 0.5) is 0 Å². The fourth-order valence-corrected chi connectivity index (χ4v) is 3.71. The molecule has 1 aromatic rings. The minimum absolute atomic E-state index is 0.0554. The topological polar surface area (TPSA) is 119 Å². The lowest BCUT2D eigenvalue weighted by atomic mass is 10.1. The molecule has 0 radical (unpaired) electrons. The van der Waals surface area contributed by atoms with Crippen molar-refractivity contribution in [1.29, 1.82) is 0 Å². The molecule has 0 aromatic heterocycles. The second-order valence-electron chi connectivity index (χ2n) is 6.23. The standard InChI is InChI=1S/C18H30N2O5S/c1-2-3-6-13-26(23,24)20-17(18(21)22)14-15-7-9-16(10-8-15)25-12-5-4-11-19/h7-10,17,20H,2-6,11-14,19H2,1H3,(H,21,22)/t17-/m0/s1. The number of unbranched alkanes of at least 4 members (excludes halogenated alkanes) is 3. The van der Waals surface area contributed by atoms with E-state index in [0.29, 0.717) is 25.3 Å². The van der Waals surface area contributed by atoms with E-state index in [0.717, 1.165) is 31.2 Å². The van der Waals surface area contributed by atoms with Gasteiger partial charge in [-0.3, -0.25) is 4.79 Å². The Balaban J connectivity index is 2.60. The second-order valence-corrected chi connectivity index (χ2v) is 8.10. The van der Waals surface area contributed by atoms with E-state index in [1.165, 1.54) is 0 Å². The average molecular weight is 387 g/mol. The number of aliphatic carboxylic acids is 1. The second kappa shape index (κ2) is 11.9. The summed E-state index contributed by atoms with van der Waals surface area (Å²) in [5, 5.41) is 9.33. The molecule has 0 unspecified atom stereocenters. The van der Waals surface area contributed by atoms with Crippen molar-refractivity contribution in [3.63, 3.8) is 0 Å². The van der Waals surface area contributed by atoms with Gasteiger partial charge in [-0.15, -0.1) is 0 Å². The summed E-state index contributed by atoms with van der Waals surface area (Å²) in [6, 6.07) is 5.83. The summed E-state index contributed by atoms with van der Waals surface area (Å²) in [7, 11) is -3.61. The zero-order chi connectivity index (χ0) is 19.4. The van der Waals surface area contributed by atoms with E-state index < -0.39 is 22.0 Å². The Labute approximate surface area is 156 Å². The van der Waals surface area contributed by atoms with Gasteiger partial charge < -0.3 is 15.6 Å². The third-order valence-electron chi connectivity index (χ3n) is 3.87. The Morgan fingerprint density at radius 2 is 1.88 bits per heavy atom. The predicted molar refractivity (Wildman–Crippen MR) is 102 cm³/mol. The first-order valence-corrected chi connectivity index (χ1v) is 10.7. The van der Waals surface area contributed by atoms with Crippen LogP contribution in [0.5, 0.6) is 5.75 Å². The molecule has 0 bridgehead atoms. The number of benzene rings is 1. The smallest absolute Gasteiger partial charge is 0.322 e. The maximum absolute atomic E-state index is 12.0. The summed E-state index contributed by atoms with van der Waals surface area (Å²) in [5.74, 6) is -0.552. The van der Waals surface area contributed by atoms with Gasteiger partial charge in [0.15, 0.2) is 0 Å². The molecule has 26 heavy (non-hydrogen) atoms. The molecular weight excluding hydrogens is 356 g/mol. The van der Waals surface area contributed by atoms with Crippen molar-refractivity contribution in [2.45, 2.75) is 51.5 Å². The summed E-state index contributed by atoms with van der Waals surface area (Å²) in [4.78, 5) is 11.4. The lowest BCUT2D eigenvalue weighted by molar-refractivity contribution is -0.138. The number of carboxylic acids is 1. The quantitative estimate of drug-likeness (QED) is 0.420. The van der Waals surface area contributed by atoms with Crippen LogP contribution in [0.25, 0.3) is 0 Å². The first kappa shape index (κ1) is 22.4. The Bertz CT molecular complexity index is 631. The van der Waals surface area contributed by atoms with Gasteiger partial charge in [-0.05, 0) is 49.9 Å². The van der Waals surface area contributed by atoms with E-state index in [1.54, 1.807) is 24.3 Å². The summed E-state index contributed by atoms with van der Waals surface area (Å²) in [6.07, 6.45) is 4.07. The van der Waals surface area contributed by atoms with Crippen LogP contribution in [0.15, 0.2) is 24.3 Å². The van der Waals surface area contributed by atoms with Gasteiger partial charge in [0.1, 0.15) is 11.8 Å². The van der Waals surface area contributed by atoms with Gasteiger partial charge in [0, 0.05) is 0 Å². The third-order valence-corrected chi connectivity index (χ3v) is 5.34. The van der Waals surface area contributed by atoms with Crippen molar-refractivity contribution in [3.05, 3.63) is 29.8 Å². The molecule has 0 amide bonds. The highest BCUT2D eigenvalue weighted by Crippen LogP contribution is 2.14. The number of sulfonamides is 1. The van der Waals surface area contributed by atoms with Crippen LogP contribution in [0.3, 0.4) is 0 Å². The average Bonchev–Trinajstić information content (AvgIpc) is 2.59. The number of carboxylic acid groups (broad SMARTS) is 1. The third kappa shape index (κ3) is 9.17. The van der Waals surface area contributed by atoms with Crippen molar-refractivity contribution < 1.29 is 23.1 Å². The number of rotatable bonds is 14. The van der Waals surface area contributed by atoms with Gasteiger partial charge in [-0.1, -0.05) is 31.9 Å². The van der Waals surface area contributed by atoms with E-state index in [9.17, 15) is 18.3 Å². The molecule has 0 aliphatic heterocycles. The van der Waals surface area contributed by atoms with Crippen LogP contribution in [0.1, 0.15) is 44.6 Å². The van der Waals surface area contributed by atoms with Gasteiger partial charge in [0.25, 0.3) is 0 Å². The minimum Gasteiger partial charge on any atom is -0.494 e. The van der Waals surface area contributed by atoms with Gasteiger partial charge in [0.2, 0.25) is 10.0 Å². The fraction of sp³-hybridized carbons (Fsp3) is 0.611. The molecule has 0 saturated carbocycles. The van der Waals surface area contributed by atoms with E-state index in [1.807, 2.05) is 6.92 Å². The van der Waals surface area contributed by atoms with Crippen LogP contribution < -0.4 is 15.2 Å². The maximum Gasteiger partial charge on any atom is 0.322 e. The van der Waals surface area contributed by atoms with E-state index >= 15 is 0 Å². The molecule has 1 aromatic carbocycles. The van der Waals surface area contributed by atoms with Crippen molar-refractivity contribution in [2.75, 3.05) is 18.9 Å². The Morgan fingerprint density at radius 1 is 1.19 bits per heavy atom. The number of ether oxygens (including phenoxy) is 1. The van der Waals surface area contributed by atoms with Crippen LogP contribution in [-0.2, 0) is 21.2 Å². The summed E-state index contributed by atoms with van der Waals surface area (Å²) in [6.45, 7) is 3.19. The minimum atomic E-state index is -3.61. The highest BCUT2D eigenvalue weighted by molar-refractivity contribution is 7.89. The first-order valence-electron chi connectivity index (χ1n) is 9.02. The van der Waals surface area contributed by atoms with Gasteiger partial charge in [-0.2, -0.15) is 0 Å². The normalized spacial score (nSPS) is 12.7. The lowest BCUT2D eigenvalue weighted by Gasteiger charge is -2.15. The van der Waals surface area contributed by atoms with Crippen molar-refractivity contribution in [1.82, 2.24) is 4.72 Å². The highest BCUT2D eigenvalue weighted by Gasteiger charge is 2.24. The number of hydrogen-bond acceptors (Lipinski definition) is 5. The van der Waals surface area contributed by atoms with Crippen LogP contribution >= 0.6 is 0 Å². The monoisotopic (exact) mass is 386 g/mol. The van der Waals surface area contributed by atoms with Crippen molar-refractivity contribution in [3.8, 4) is 5.75 Å². The van der Waals surface area contributed by atoms with Crippen LogP contribution in [-0.4, -0.2) is 44.4 Å². The van der Waals surface area contributed by atoms with Crippen molar-refractivity contribution in [2.24, 2.45) is 5.73 Å². The summed E-state index contributed by atoms with van der Waals surface area (Å²) < 4.78 is 31.9. The van der Waals surface area contributed by atoms with Crippen molar-refractivity contribution >= 4 is 16.0 Å². The zero-order valence-electron chi connectivity index (χ0n) is 15.3. The molecule has 0 fully saturated rings. The predicted octanol–water partition coefficient (Wildman–Crippen LogP) is 1.91. The largest absolute Gasteiger partial charge is 0.494 e. The zero-order valence-corrected chi connectivity index (χ0v) is 16.1. The number of hydrogen-bond donors (Lipinski definition) is 3. The fourth-order valence-electron chi connectivity index (χ4n) is 2.39. The maximum atomic E-state index is 12.0. The molecule has 8 heteroatoms. The Morgan fingerprint density at radius 3 is 2.46 bits per heavy atom. The molecule has 0 aliphatic rings. The SMILES string of the molecule is CCCCCS(=O)(=O)N[C@@H](Cc1ccc(OCCCCN)cc1)C(=O)O. The van der Waals surface area contributed by atoms with Gasteiger partial charge >= 0.3 is 5.97 Å². The van der Waals surface area contributed by atoms with E-state index in [4.69, 9.17) is 10.5 Å². The molecule has 1 atom stereocenters. The molecule has 4 N–H and O–H groups in total. The molecule has 1 rings (SSSR count). The first-order chi connectivity index (χ1) is 12.4. The lowest BCUT2D eigenvalue weighted by Crippen LogP contribution is -2.43. The number of nitrogens with one attached hydrogen (secondary N) is 1. The molecule has 0 heterocycles. The number of nitrogens with two attached hydrogens (primary N) is 1. The van der Waals surface area contributed by atoms with Crippen LogP contribution in [0.2, 0.25) is 0 Å². The Hall–Kier alpha value is -1.64. The molecule has 0 aliphatic carbocycles. The summed E-state index contributed by atoms with van der Waals surface area (Å²) in [5.41, 5.74) is 6.15.